The molecule has 1 rings (SSSR count). The number of carbonyl (C=O) groups excluding carboxylic acids is 1. The van der Waals surface area contributed by atoms with Gasteiger partial charge in [0, 0.05) is 6.54 Å². The first-order chi connectivity index (χ1) is 10.1. The fourth-order valence-corrected chi connectivity index (χ4v) is 2.77. The monoisotopic (exact) mass is 291 g/mol. The summed E-state index contributed by atoms with van der Waals surface area (Å²) in [5.41, 5.74) is 0.549. The predicted molar refractivity (Wildman–Crippen MR) is 87.4 cm³/mol. The molecule has 0 unspecified atom stereocenters. The van der Waals surface area contributed by atoms with Crippen LogP contribution in [0.2, 0.25) is 0 Å². The first-order valence-electron chi connectivity index (χ1n) is 8.09. The van der Waals surface area contributed by atoms with Crippen molar-refractivity contribution in [1.29, 1.82) is 0 Å². The molecule has 0 aromatic heterocycles. The highest BCUT2D eigenvalue weighted by Gasteiger charge is 2.38. The van der Waals surface area contributed by atoms with E-state index in [0.717, 1.165) is 38.0 Å². The van der Waals surface area contributed by atoms with Crippen LogP contribution in [0.1, 0.15) is 46.1 Å². The third kappa shape index (κ3) is 4.31. The molecule has 0 aliphatic rings. The number of likely N-dealkylation sites (N-methyl/N-ethyl adjacent to an activating group) is 1. The van der Waals surface area contributed by atoms with E-state index in [9.17, 15) is 4.79 Å². The van der Waals surface area contributed by atoms with Gasteiger partial charge in [-0.25, -0.2) is 0 Å². The quantitative estimate of drug-likeness (QED) is 0.651. The van der Waals surface area contributed by atoms with Crippen molar-refractivity contribution in [1.82, 2.24) is 4.90 Å². The van der Waals surface area contributed by atoms with E-state index >= 15 is 0 Å². The lowest BCUT2D eigenvalue weighted by molar-refractivity contribution is -0.151. The largest absolute Gasteiger partial charge is 0.464 e. The molecule has 1 aromatic carbocycles. The molecular formula is C18H29NO2. The van der Waals surface area contributed by atoms with Gasteiger partial charge in [0.05, 0.1) is 5.41 Å². The standard InChI is InChI=1S/C18H29NO2/c1-5-18(6-2,16-12-10-9-11-13-16)17(20)21-15-14-19(7-3)8-4/h9-13H,5-8,14-15H2,1-4H3. The van der Waals surface area contributed by atoms with Crippen molar-refractivity contribution in [2.45, 2.75) is 46.0 Å². The number of nitrogens with zero attached hydrogens (tertiary/aromatic N) is 1. The van der Waals surface area contributed by atoms with Crippen LogP contribution >= 0.6 is 0 Å². The van der Waals surface area contributed by atoms with E-state index in [4.69, 9.17) is 4.74 Å². The highest BCUT2D eigenvalue weighted by molar-refractivity contribution is 5.83. The van der Waals surface area contributed by atoms with Crippen molar-refractivity contribution in [3.8, 4) is 0 Å². The SMILES string of the molecule is CCN(CC)CCOC(=O)C(CC)(CC)c1ccccc1. The zero-order chi connectivity index (χ0) is 15.7. The summed E-state index contributed by atoms with van der Waals surface area (Å²) in [7, 11) is 0. The average Bonchev–Trinajstić information content (AvgIpc) is 2.54. The number of hydrogen-bond donors (Lipinski definition) is 0. The summed E-state index contributed by atoms with van der Waals surface area (Å²) in [4.78, 5) is 14.9. The second-order valence-corrected chi connectivity index (χ2v) is 5.32. The van der Waals surface area contributed by atoms with Gasteiger partial charge >= 0.3 is 5.97 Å². The lowest BCUT2D eigenvalue weighted by Gasteiger charge is -2.30. The van der Waals surface area contributed by atoms with Gasteiger partial charge in [-0.3, -0.25) is 4.79 Å². The number of benzene rings is 1. The summed E-state index contributed by atoms with van der Waals surface area (Å²) in [6, 6.07) is 10.00. The average molecular weight is 291 g/mol. The Balaban J connectivity index is 2.75. The lowest BCUT2D eigenvalue weighted by atomic mass is 9.76. The number of hydrogen-bond acceptors (Lipinski definition) is 3. The Labute approximate surface area is 129 Å². The van der Waals surface area contributed by atoms with E-state index in [1.54, 1.807) is 0 Å². The Morgan fingerprint density at radius 1 is 1.05 bits per heavy atom. The minimum atomic E-state index is -0.509. The van der Waals surface area contributed by atoms with Crippen molar-refractivity contribution in [2.75, 3.05) is 26.2 Å². The van der Waals surface area contributed by atoms with Gasteiger partial charge in [0.1, 0.15) is 6.61 Å². The van der Waals surface area contributed by atoms with Crippen molar-refractivity contribution >= 4 is 5.97 Å². The Kier molecular flexibility index (Phi) is 7.44. The minimum Gasteiger partial charge on any atom is -0.464 e. The maximum absolute atomic E-state index is 12.6. The molecule has 1 aromatic rings. The number of carbonyl (C=O) groups is 1. The third-order valence-electron chi connectivity index (χ3n) is 4.46. The van der Waals surface area contributed by atoms with Gasteiger partial charge in [0.25, 0.3) is 0 Å². The molecular weight excluding hydrogens is 262 g/mol. The van der Waals surface area contributed by atoms with E-state index in [0.29, 0.717) is 6.61 Å². The molecule has 3 heteroatoms. The smallest absolute Gasteiger partial charge is 0.316 e. The summed E-state index contributed by atoms with van der Waals surface area (Å²) < 4.78 is 5.60. The molecule has 0 aliphatic carbocycles. The van der Waals surface area contributed by atoms with Gasteiger partial charge in [0.15, 0.2) is 0 Å². The van der Waals surface area contributed by atoms with Crippen LogP contribution in [-0.2, 0) is 14.9 Å². The summed E-state index contributed by atoms with van der Waals surface area (Å²) in [6.07, 6.45) is 1.52. The van der Waals surface area contributed by atoms with Crippen LogP contribution in [0.5, 0.6) is 0 Å². The first kappa shape index (κ1) is 17.7. The number of esters is 1. The fourth-order valence-electron chi connectivity index (χ4n) is 2.77. The van der Waals surface area contributed by atoms with Crippen LogP contribution in [0.3, 0.4) is 0 Å². The van der Waals surface area contributed by atoms with Crippen LogP contribution in [0.15, 0.2) is 30.3 Å². The molecule has 0 aliphatic heterocycles. The maximum atomic E-state index is 12.6. The van der Waals surface area contributed by atoms with E-state index in [2.05, 4.69) is 32.6 Å². The Bertz CT molecular complexity index is 408. The number of rotatable bonds is 9. The molecule has 0 saturated heterocycles. The van der Waals surface area contributed by atoms with Gasteiger partial charge in [-0.2, -0.15) is 0 Å². The molecule has 0 N–H and O–H groups in total. The first-order valence-corrected chi connectivity index (χ1v) is 8.09. The molecule has 0 spiro atoms. The summed E-state index contributed by atoms with van der Waals surface area (Å²) >= 11 is 0. The van der Waals surface area contributed by atoms with E-state index in [-0.39, 0.29) is 5.97 Å². The van der Waals surface area contributed by atoms with Crippen molar-refractivity contribution < 1.29 is 9.53 Å². The summed E-state index contributed by atoms with van der Waals surface area (Å²) in [5.74, 6) is -0.0918. The van der Waals surface area contributed by atoms with Crippen LogP contribution in [0.4, 0.5) is 0 Å². The van der Waals surface area contributed by atoms with Crippen LogP contribution in [0.25, 0.3) is 0 Å². The topological polar surface area (TPSA) is 29.5 Å². The third-order valence-corrected chi connectivity index (χ3v) is 4.46. The highest BCUT2D eigenvalue weighted by atomic mass is 16.5. The predicted octanol–water partition coefficient (Wildman–Crippen LogP) is 3.63. The normalized spacial score (nSPS) is 11.7. The molecule has 118 valence electrons. The highest BCUT2D eigenvalue weighted by Crippen LogP contribution is 2.33. The van der Waals surface area contributed by atoms with Gasteiger partial charge in [-0.05, 0) is 31.5 Å². The zero-order valence-electron chi connectivity index (χ0n) is 13.9. The second-order valence-electron chi connectivity index (χ2n) is 5.32. The maximum Gasteiger partial charge on any atom is 0.316 e. The van der Waals surface area contributed by atoms with E-state index < -0.39 is 5.41 Å². The Morgan fingerprint density at radius 3 is 2.10 bits per heavy atom. The zero-order valence-corrected chi connectivity index (χ0v) is 13.9. The second kappa shape index (κ2) is 8.83. The molecule has 0 amide bonds. The number of ether oxygens (including phenoxy) is 1. The molecule has 0 atom stereocenters. The summed E-state index contributed by atoms with van der Waals surface area (Å²) in [5, 5.41) is 0. The molecule has 0 fully saturated rings. The minimum absolute atomic E-state index is 0.0918. The lowest BCUT2D eigenvalue weighted by Crippen LogP contribution is -2.38. The van der Waals surface area contributed by atoms with Gasteiger partial charge in [0.2, 0.25) is 0 Å². The summed E-state index contributed by atoms with van der Waals surface area (Å²) in [6.45, 7) is 11.6. The molecule has 0 bridgehead atoms. The molecule has 0 radical (unpaired) electrons. The van der Waals surface area contributed by atoms with Crippen molar-refractivity contribution in [2.24, 2.45) is 0 Å². The van der Waals surface area contributed by atoms with Gasteiger partial charge in [-0.1, -0.05) is 58.0 Å². The van der Waals surface area contributed by atoms with E-state index in [1.807, 2.05) is 30.3 Å². The van der Waals surface area contributed by atoms with Gasteiger partial charge in [-0.15, -0.1) is 0 Å². The fraction of sp³-hybridized carbons (Fsp3) is 0.611. The molecule has 21 heavy (non-hydrogen) atoms. The molecule has 3 nitrogen and oxygen atoms in total. The Morgan fingerprint density at radius 2 is 1.62 bits per heavy atom. The van der Waals surface area contributed by atoms with Crippen LogP contribution in [-0.4, -0.2) is 37.1 Å². The molecule has 0 saturated carbocycles. The Hall–Kier alpha value is -1.35. The van der Waals surface area contributed by atoms with E-state index in [1.165, 1.54) is 0 Å². The van der Waals surface area contributed by atoms with Gasteiger partial charge < -0.3 is 9.64 Å². The molecule has 0 heterocycles. The van der Waals surface area contributed by atoms with Crippen molar-refractivity contribution in [3.63, 3.8) is 0 Å². The van der Waals surface area contributed by atoms with Crippen LogP contribution < -0.4 is 0 Å². The van der Waals surface area contributed by atoms with Crippen molar-refractivity contribution in [3.05, 3.63) is 35.9 Å². The van der Waals surface area contributed by atoms with Crippen LogP contribution in [0, 0.1) is 0 Å².